The normalized spacial score (nSPS) is 21.9. The Labute approximate surface area is 99.4 Å². The standard InChI is InChI=1S/C10H12N4O2S/c11-5-9-8(12)1-2-10(14-9)13-7-3-4-17(15,16)6-7/h1-2,7H,3-4,6,12H2,(H,13,14). The number of anilines is 2. The van der Waals surface area contributed by atoms with E-state index >= 15 is 0 Å². The fraction of sp³-hybridized carbons (Fsp3) is 0.400. The van der Waals surface area contributed by atoms with Crippen molar-refractivity contribution in [2.75, 3.05) is 22.6 Å². The Balaban J connectivity index is 2.13. The Morgan fingerprint density at radius 2 is 2.29 bits per heavy atom. The van der Waals surface area contributed by atoms with Gasteiger partial charge >= 0.3 is 0 Å². The van der Waals surface area contributed by atoms with Crippen molar-refractivity contribution in [2.45, 2.75) is 12.5 Å². The van der Waals surface area contributed by atoms with Gasteiger partial charge in [0.25, 0.3) is 0 Å². The summed E-state index contributed by atoms with van der Waals surface area (Å²) in [6.45, 7) is 0. The molecule has 0 aromatic carbocycles. The Hall–Kier alpha value is -1.81. The van der Waals surface area contributed by atoms with Crippen LogP contribution in [-0.4, -0.2) is 30.9 Å². The number of hydrogen-bond acceptors (Lipinski definition) is 6. The van der Waals surface area contributed by atoms with E-state index in [0.717, 1.165) is 0 Å². The first kappa shape index (κ1) is 11.7. The van der Waals surface area contributed by atoms with Gasteiger partial charge < -0.3 is 11.1 Å². The van der Waals surface area contributed by atoms with Gasteiger partial charge in [0.1, 0.15) is 11.9 Å². The molecule has 7 heteroatoms. The fourth-order valence-corrected chi connectivity index (χ4v) is 3.43. The summed E-state index contributed by atoms with van der Waals surface area (Å²) in [5.74, 6) is 0.795. The smallest absolute Gasteiger partial charge is 0.165 e. The highest BCUT2D eigenvalue weighted by atomic mass is 32.2. The minimum Gasteiger partial charge on any atom is -0.396 e. The summed E-state index contributed by atoms with van der Waals surface area (Å²) < 4.78 is 22.6. The van der Waals surface area contributed by atoms with E-state index in [1.807, 2.05) is 6.07 Å². The SMILES string of the molecule is N#Cc1nc(NC2CCS(=O)(=O)C2)ccc1N. The number of nitrogens with two attached hydrogens (primary N) is 1. The number of rotatable bonds is 2. The van der Waals surface area contributed by atoms with Gasteiger partial charge in [-0.05, 0) is 18.6 Å². The Kier molecular flexibility index (Phi) is 2.90. The van der Waals surface area contributed by atoms with Crippen LogP contribution in [0.2, 0.25) is 0 Å². The van der Waals surface area contributed by atoms with Crippen LogP contribution in [0.5, 0.6) is 0 Å². The van der Waals surface area contributed by atoms with E-state index in [0.29, 0.717) is 17.9 Å². The molecular weight excluding hydrogens is 240 g/mol. The van der Waals surface area contributed by atoms with E-state index in [-0.39, 0.29) is 23.2 Å². The molecule has 0 aliphatic carbocycles. The quantitative estimate of drug-likeness (QED) is 0.774. The number of sulfone groups is 1. The summed E-state index contributed by atoms with van der Waals surface area (Å²) in [6.07, 6.45) is 0.566. The van der Waals surface area contributed by atoms with Gasteiger partial charge in [0, 0.05) is 6.04 Å². The number of nitriles is 1. The second-order valence-corrected chi connectivity index (χ2v) is 6.22. The monoisotopic (exact) mass is 252 g/mol. The van der Waals surface area contributed by atoms with Gasteiger partial charge in [0.2, 0.25) is 0 Å². The second kappa shape index (κ2) is 4.22. The van der Waals surface area contributed by atoms with E-state index in [2.05, 4.69) is 10.3 Å². The minimum absolute atomic E-state index is 0.112. The van der Waals surface area contributed by atoms with Crippen molar-refractivity contribution >= 4 is 21.3 Å². The Bertz CT molecular complexity index is 576. The van der Waals surface area contributed by atoms with Crippen molar-refractivity contribution in [1.29, 1.82) is 5.26 Å². The molecule has 0 amide bonds. The highest BCUT2D eigenvalue weighted by Crippen LogP contribution is 2.18. The topological polar surface area (TPSA) is 109 Å². The fourth-order valence-electron chi connectivity index (χ4n) is 1.76. The first-order valence-electron chi connectivity index (χ1n) is 5.14. The third kappa shape index (κ3) is 2.65. The summed E-state index contributed by atoms with van der Waals surface area (Å²) in [5.41, 5.74) is 6.01. The number of hydrogen-bond donors (Lipinski definition) is 2. The summed E-state index contributed by atoms with van der Waals surface area (Å²) in [6, 6.07) is 4.97. The maximum Gasteiger partial charge on any atom is 0.165 e. The molecule has 6 nitrogen and oxygen atoms in total. The lowest BCUT2D eigenvalue weighted by molar-refractivity contribution is 0.602. The highest BCUT2D eigenvalue weighted by molar-refractivity contribution is 7.91. The second-order valence-electron chi connectivity index (χ2n) is 3.99. The number of aromatic nitrogens is 1. The number of nitrogens with one attached hydrogen (secondary N) is 1. The maximum atomic E-state index is 11.3. The van der Waals surface area contributed by atoms with Gasteiger partial charge in [-0.2, -0.15) is 5.26 Å². The molecule has 1 unspecified atom stereocenters. The third-order valence-corrected chi connectivity index (χ3v) is 4.38. The van der Waals surface area contributed by atoms with Crippen LogP contribution in [-0.2, 0) is 9.84 Å². The predicted molar refractivity (Wildman–Crippen MR) is 64.0 cm³/mol. The molecule has 1 fully saturated rings. The highest BCUT2D eigenvalue weighted by Gasteiger charge is 2.27. The number of nitrogen functional groups attached to an aromatic ring is 1. The average molecular weight is 252 g/mol. The van der Waals surface area contributed by atoms with E-state index < -0.39 is 9.84 Å². The molecule has 0 radical (unpaired) electrons. The lowest BCUT2D eigenvalue weighted by Crippen LogP contribution is -2.21. The van der Waals surface area contributed by atoms with Crippen LogP contribution in [0, 0.1) is 11.3 Å². The molecule has 1 aliphatic rings. The van der Waals surface area contributed by atoms with Crippen molar-refractivity contribution in [3.63, 3.8) is 0 Å². The van der Waals surface area contributed by atoms with Crippen LogP contribution in [0.15, 0.2) is 12.1 Å². The van der Waals surface area contributed by atoms with Gasteiger partial charge in [-0.3, -0.25) is 0 Å². The predicted octanol–water partition coefficient (Wildman–Crippen LogP) is 0.134. The zero-order valence-electron chi connectivity index (χ0n) is 9.05. The molecule has 2 heterocycles. The molecular formula is C10H12N4O2S. The van der Waals surface area contributed by atoms with Crippen LogP contribution in [0.25, 0.3) is 0 Å². The Morgan fingerprint density at radius 1 is 1.53 bits per heavy atom. The number of pyridine rings is 1. The summed E-state index contributed by atoms with van der Waals surface area (Å²) in [7, 11) is -2.92. The van der Waals surface area contributed by atoms with Crippen LogP contribution >= 0.6 is 0 Å². The lowest BCUT2D eigenvalue weighted by atomic mass is 10.2. The summed E-state index contributed by atoms with van der Waals surface area (Å²) >= 11 is 0. The molecule has 0 saturated carbocycles. The molecule has 2 rings (SSSR count). The molecule has 90 valence electrons. The van der Waals surface area contributed by atoms with Gasteiger partial charge in [0.15, 0.2) is 15.5 Å². The van der Waals surface area contributed by atoms with E-state index in [9.17, 15) is 8.42 Å². The van der Waals surface area contributed by atoms with Crippen LogP contribution < -0.4 is 11.1 Å². The van der Waals surface area contributed by atoms with Gasteiger partial charge in [-0.25, -0.2) is 13.4 Å². The molecule has 0 spiro atoms. The minimum atomic E-state index is -2.92. The summed E-state index contributed by atoms with van der Waals surface area (Å²) in [4.78, 5) is 4.01. The van der Waals surface area contributed by atoms with Crippen molar-refractivity contribution in [2.24, 2.45) is 0 Å². The van der Waals surface area contributed by atoms with Crippen LogP contribution in [0.4, 0.5) is 11.5 Å². The number of nitrogens with zero attached hydrogens (tertiary/aromatic N) is 2. The molecule has 1 saturated heterocycles. The molecule has 1 aliphatic heterocycles. The molecule has 1 aromatic rings. The largest absolute Gasteiger partial charge is 0.396 e. The van der Waals surface area contributed by atoms with Gasteiger partial charge in [0.05, 0.1) is 17.2 Å². The van der Waals surface area contributed by atoms with E-state index in [1.54, 1.807) is 12.1 Å². The van der Waals surface area contributed by atoms with Crippen molar-refractivity contribution in [3.8, 4) is 6.07 Å². The Morgan fingerprint density at radius 3 is 2.88 bits per heavy atom. The maximum absolute atomic E-state index is 11.3. The zero-order chi connectivity index (χ0) is 12.5. The van der Waals surface area contributed by atoms with E-state index in [1.165, 1.54) is 0 Å². The van der Waals surface area contributed by atoms with E-state index in [4.69, 9.17) is 11.0 Å². The first-order valence-corrected chi connectivity index (χ1v) is 6.96. The third-order valence-electron chi connectivity index (χ3n) is 2.62. The molecule has 17 heavy (non-hydrogen) atoms. The van der Waals surface area contributed by atoms with Gasteiger partial charge in [-0.15, -0.1) is 0 Å². The average Bonchev–Trinajstić information content (AvgIpc) is 2.61. The van der Waals surface area contributed by atoms with Gasteiger partial charge in [-0.1, -0.05) is 0 Å². The molecule has 0 bridgehead atoms. The zero-order valence-corrected chi connectivity index (χ0v) is 9.87. The molecule has 1 aromatic heterocycles. The molecule has 3 N–H and O–H groups in total. The lowest BCUT2D eigenvalue weighted by Gasteiger charge is -2.11. The summed E-state index contributed by atoms with van der Waals surface area (Å²) in [5, 5.41) is 11.8. The van der Waals surface area contributed by atoms with Crippen LogP contribution in [0.3, 0.4) is 0 Å². The van der Waals surface area contributed by atoms with Crippen molar-refractivity contribution in [3.05, 3.63) is 17.8 Å². The van der Waals surface area contributed by atoms with Crippen LogP contribution in [0.1, 0.15) is 12.1 Å². The van der Waals surface area contributed by atoms with Crippen molar-refractivity contribution < 1.29 is 8.42 Å². The molecule has 1 atom stereocenters. The first-order chi connectivity index (χ1) is 8.00. The van der Waals surface area contributed by atoms with Crippen molar-refractivity contribution in [1.82, 2.24) is 4.98 Å².